The molecule has 0 aliphatic carbocycles. The number of carbonyl (C=O) groups excluding carboxylic acids is 1. The molecule has 0 radical (unpaired) electrons. The summed E-state index contributed by atoms with van der Waals surface area (Å²) in [5.74, 6) is 0.964. The fourth-order valence-corrected chi connectivity index (χ4v) is 2.07. The Morgan fingerprint density at radius 3 is 3.00 bits per heavy atom. The molecule has 1 saturated heterocycles. The third-order valence-electron chi connectivity index (χ3n) is 2.83. The number of hydrogen-bond donors (Lipinski definition) is 2. The van der Waals surface area contributed by atoms with E-state index in [1.165, 1.54) is 0 Å². The van der Waals surface area contributed by atoms with Crippen LogP contribution in [0.3, 0.4) is 0 Å². The molecule has 3 N–H and O–H groups in total. The smallest absolute Gasteiger partial charge is 0.220 e. The van der Waals surface area contributed by atoms with Crippen molar-refractivity contribution >= 4 is 11.7 Å². The molecule has 15 heavy (non-hydrogen) atoms. The Kier molecular flexibility index (Phi) is 2.58. The Labute approximate surface area is 88.9 Å². The SMILES string of the molecule is Cc1nc(N)ccc1[C@@H]1CCNC(=O)C1. The lowest BCUT2D eigenvalue weighted by Gasteiger charge is -2.23. The van der Waals surface area contributed by atoms with Crippen molar-refractivity contribution in [3.63, 3.8) is 0 Å². The van der Waals surface area contributed by atoms with Crippen molar-refractivity contribution in [2.45, 2.75) is 25.7 Å². The highest BCUT2D eigenvalue weighted by Gasteiger charge is 2.22. The average molecular weight is 205 g/mol. The molecule has 2 rings (SSSR count). The zero-order valence-corrected chi connectivity index (χ0v) is 8.79. The van der Waals surface area contributed by atoms with E-state index in [2.05, 4.69) is 10.3 Å². The first kappa shape index (κ1) is 9.96. The number of amides is 1. The van der Waals surface area contributed by atoms with E-state index in [0.717, 1.165) is 24.2 Å². The Hall–Kier alpha value is -1.58. The van der Waals surface area contributed by atoms with E-state index >= 15 is 0 Å². The third-order valence-corrected chi connectivity index (χ3v) is 2.83. The molecule has 0 unspecified atom stereocenters. The minimum absolute atomic E-state index is 0.127. The molecule has 4 heteroatoms. The van der Waals surface area contributed by atoms with Gasteiger partial charge >= 0.3 is 0 Å². The zero-order valence-electron chi connectivity index (χ0n) is 8.79. The van der Waals surface area contributed by atoms with Crippen LogP contribution in [0.2, 0.25) is 0 Å². The molecule has 0 bridgehead atoms. The quantitative estimate of drug-likeness (QED) is 0.717. The fourth-order valence-electron chi connectivity index (χ4n) is 2.07. The summed E-state index contributed by atoms with van der Waals surface area (Å²) < 4.78 is 0. The Bertz CT molecular complexity index is 389. The summed E-state index contributed by atoms with van der Waals surface area (Å²) in [6, 6.07) is 3.79. The maximum absolute atomic E-state index is 11.3. The highest BCUT2D eigenvalue weighted by atomic mass is 16.1. The molecule has 1 aromatic heterocycles. The van der Waals surface area contributed by atoms with Crippen molar-refractivity contribution in [3.05, 3.63) is 23.4 Å². The third kappa shape index (κ3) is 2.09. The number of piperidine rings is 1. The van der Waals surface area contributed by atoms with Crippen LogP contribution in [0.5, 0.6) is 0 Å². The standard InChI is InChI=1S/C11H15N3O/c1-7-9(2-3-10(12)14-7)8-4-5-13-11(15)6-8/h2-3,8H,4-6H2,1H3,(H2,12,14)(H,13,15)/t8-/m1/s1. The van der Waals surface area contributed by atoms with Crippen LogP contribution in [-0.4, -0.2) is 17.4 Å². The number of carbonyl (C=O) groups is 1. The van der Waals surface area contributed by atoms with Gasteiger partial charge in [0.05, 0.1) is 0 Å². The van der Waals surface area contributed by atoms with Gasteiger partial charge < -0.3 is 11.1 Å². The molecule has 1 aliphatic rings. The number of aromatic nitrogens is 1. The second-order valence-electron chi connectivity index (χ2n) is 3.95. The average Bonchev–Trinajstić information content (AvgIpc) is 2.17. The molecule has 0 spiro atoms. The minimum atomic E-state index is 0.127. The highest BCUT2D eigenvalue weighted by Crippen LogP contribution is 2.27. The van der Waals surface area contributed by atoms with Gasteiger partial charge in [0.15, 0.2) is 0 Å². The first-order chi connectivity index (χ1) is 7.16. The summed E-state index contributed by atoms with van der Waals surface area (Å²) in [4.78, 5) is 15.5. The molecule has 2 heterocycles. The van der Waals surface area contributed by atoms with Crippen LogP contribution in [0.15, 0.2) is 12.1 Å². The molecule has 80 valence electrons. The summed E-state index contributed by atoms with van der Waals surface area (Å²) in [5.41, 5.74) is 7.69. The van der Waals surface area contributed by atoms with Crippen molar-refractivity contribution in [2.75, 3.05) is 12.3 Å². The van der Waals surface area contributed by atoms with Crippen LogP contribution >= 0.6 is 0 Å². The van der Waals surface area contributed by atoms with Gasteiger partial charge in [-0.15, -0.1) is 0 Å². The lowest BCUT2D eigenvalue weighted by molar-refractivity contribution is -0.122. The molecule has 4 nitrogen and oxygen atoms in total. The largest absolute Gasteiger partial charge is 0.384 e. The topological polar surface area (TPSA) is 68.0 Å². The van der Waals surface area contributed by atoms with E-state index in [-0.39, 0.29) is 5.91 Å². The van der Waals surface area contributed by atoms with E-state index in [1.54, 1.807) is 6.07 Å². The molecule has 0 aromatic carbocycles. The van der Waals surface area contributed by atoms with Gasteiger partial charge in [-0.3, -0.25) is 4.79 Å². The number of aryl methyl sites for hydroxylation is 1. The van der Waals surface area contributed by atoms with Gasteiger partial charge in [-0.2, -0.15) is 0 Å². The summed E-state index contributed by atoms with van der Waals surface area (Å²) in [7, 11) is 0. The van der Waals surface area contributed by atoms with Crippen LogP contribution in [0.1, 0.15) is 30.0 Å². The number of hydrogen-bond acceptors (Lipinski definition) is 3. The first-order valence-corrected chi connectivity index (χ1v) is 5.16. The van der Waals surface area contributed by atoms with Gasteiger partial charge in [-0.25, -0.2) is 4.98 Å². The molecule has 1 aliphatic heterocycles. The first-order valence-electron chi connectivity index (χ1n) is 5.16. The van der Waals surface area contributed by atoms with Crippen molar-refractivity contribution < 1.29 is 4.79 Å². The molecular formula is C11H15N3O. The van der Waals surface area contributed by atoms with Crippen LogP contribution in [0.25, 0.3) is 0 Å². The molecule has 1 aromatic rings. The molecule has 1 fully saturated rings. The molecule has 0 saturated carbocycles. The summed E-state index contributed by atoms with van der Waals surface area (Å²) in [6.45, 7) is 2.70. The monoisotopic (exact) mass is 205 g/mol. The van der Waals surface area contributed by atoms with E-state index in [1.807, 2.05) is 13.0 Å². The van der Waals surface area contributed by atoms with Crippen LogP contribution in [0.4, 0.5) is 5.82 Å². The molecular weight excluding hydrogens is 190 g/mol. The number of rotatable bonds is 1. The Morgan fingerprint density at radius 2 is 2.33 bits per heavy atom. The minimum Gasteiger partial charge on any atom is -0.384 e. The number of pyridine rings is 1. The maximum Gasteiger partial charge on any atom is 0.220 e. The number of nitrogen functional groups attached to an aromatic ring is 1. The van der Waals surface area contributed by atoms with E-state index in [4.69, 9.17) is 5.73 Å². The second-order valence-corrected chi connectivity index (χ2v) is 3.95. The van der Waals surface area contributed by atoms with Gasteiger partial charge in [0.2, 0.25) is 5.91 Å². The zero-order chi connectivity index (χ0) is 10.8. The summed E-state index contributed by atoms with van der Waals surface area (Å²) in [6.07, 6.45) is 1.55. The highest BCUT2D eigenvalue weighted by molar-refractivity contribution is 5.77. The summed E-state index contributed by atoms with van der Waals surface area (Å²) in [5, 5.41) is 2.83. The van der Waals surface area contributed by atoms with Crippen LogP contribution in [0, 0.1) is 6.92 Å². The van der Waals surface area contributed by atoms with Crippen molar-refractivity contribution in [1.82, 2.24) is 10.3 Å². The fraction of sp³-hybridized carbons (Fsp3) is 0.455. The normalized spacial score (nSPS) is 21.1. The van der Waals surface area contributed by atoms with Crippen molar-refractivity contribution in [1.29, 1.82) is 0 Å². The summed E-state index contributed by atoms with van der Waals surface area (Å²) >= 11 is 0. The van der Waals surface area contributed by atoms with E-state index in [9.17, 15) is 4.79 Å². The number of anilines is 1. The number of nitrogens with zero attached hydrogens (tertiary/aromatic N) is 1. The number of nitrogens with two attached hydrogens (primary N) is 1. The van der Waals surface area contributed by atoms with E-state index < -0.39 is 0 Å². The van der Waals surface area contributed by atoms with Crippen LogP contribution in [-0.2, 0) is 4.79 Å². The van der Waals surface area contributed by atoms with Gasteiger partial charge in [-0.1, -0.05) is 6.07 Å². The van der Waals surface area contributed by atoms with Gasteiger partial charge in [-0.05, 0) is 30.9 Å². The van der Waals surface area contributed by atoms with Crippen molar-refractivity contribution in [2.24, 2.45) is 0 Å². The lowest BCUT2D eigenvalue weighted by Crippen LogP contribution is -2.32. The van der Waals surface area contributed by atoms with Gasteiger partial charge in [0.1, 0.15) is 5.82 Å². The van der Waals surface area contributed by atoms with E-state index in [0.29, 0.717) is 18.2 Å². The Balaban J connectivity index is 2.24. The van der Waals surface area contributed by atoms with Crippen molar-refractivity contribution in [3.8, 4) is 0 Å². The Morgan fingerprint density at radius 1 is 1.53 bits per heavy atom. The second kappa shape index (κ2) is 3.88. The lowest BCUT2D eigenvalue weighted by atomic mass is 9.89. The predicted octanol–water partition coefficient (Wildman–Crippen LogP) is 0.966. The van der Waals surface area contributed by atoms with Gasteiger partial charge in [0, 0.05) is 18.7 Å². The number of nitrogens with one attached hydrogen (secondary N) is 1. The maximum atomic E-state index is 11.3. The predicted molar refractivity (Wildman–Crippen MR) is 58.4 cm³/mol. The molecule has 1 atom stereocenters. The van der Waals surface area contributed by atoms with Crippen LogP contribution < -0.4 is 11.1 Å². The molecule has 1 amide bonds. The van der Waals surface area contributed by atoms with Gasteiger partial charge in [0.25, 0.3) is 0 Å².